The highest BCUT2D eigenvalue weighted by Gasteiger charge is 2.32. The van der Waals surface area contributed by atoms with E-state index in [0.717, 1.165) is 25.9 Å². The molecule has 3 rings (SSSR count). The molecule has 0 aromatic carbocycles. The first-order chi connectivity index (χ1) is 10.6. The van der Waals surface area contributed by atoms with Crippen LogP contribution in [0.5, 0.6) is 0 Å². The SMILES string of the molecule is Cc1noc(C2CCCN(C(C)C(=O)N3CCOCC3)C2)n1. The molecule has 1 aromatic heterocycles. The van der Waals surface area contributed by atoms with E-state index in [2.05, 4.69) is 15.0 Å². The predicted molar refractivity (Wildman–Crippen MR) is 79.4 cm³/mol. The van der Waals surface area contributed by atoms with Crippen molar-refractivity contribution in [1.82, 2.24) is 19.9 Å². The molecule has 2 fully saturated rings. The van der Waals surface area contributed by atoms with Gasteiger partial charge in [-0.3, -0.25) is 9.69 Å². The first kappa shape index (κ1) is 15.4. The van der Waals surface area contributed by atoms with Gasteiger partial charge in [0.15, 0.2) is 5.82 Å². The summed E-state index contributed by atoms with van der Waals surface area (Å²) in [5.41, 5.74) is 0. The minimum absolute atomic E-state index is 0.107. The number of hydrogen-bond acceptors (Lipinski definition) is 6. The Labute approximate surface area is 130 Å². The van der Waals surface area contributed by atoms with E-state index in [-0.39, 0.29) is 17.9 Å². The average Bonchev–Trinajstić information content (AvgIpc) is 3.01. The molecule has 1 amide bonds. The van der Waals surface area contributed by atoms with Crippen LogP contribution in [0.15, 0.2) is 4.52 Å². The lowest BCUT2D eigenvalue weighted by Crippen LogP contribution is -2.52. The summed E-state index contributed by atoms with van der Waals surface area (Å²) in [6.45, 7) is 8.26. The molecule has 0 saturated carbocycles. The average molecular weight is 308 g/mol. The number of rotatable bonds is 3. The number of aryl methyl sites for hydroxylation is 1. The van der Waals surface area contributed by atoms with Crippen LogP contribution in [0.4, 0.5) is 0 Å². The molecular weight excluding hydrogens is 284 g/mol. The van der Waals surface area contributed by atoms with Gasteiger partial charge in [0.05, 0.1) is 25.2 Å². The van der Waals surface area contributed by atoms with Crippen LogP contribution in [0.25, 0.3) is 0 Å². The molecule has 7 heteroatoms. The summed E-state index contributed by atoms with van der Waals surface area (Å²) in [6, 6.07) is -0.107. The highest BCUT2D eigenvalue weighted by molar-refractivity contribution is 5.81. The first-order valence-electron chi connectivity index (χ1n) is 8.06. The van der Waals surface area contributed by atoms with E-state index < -0.39 is 0 Å². The van der Waals surface area contributed by atoms with E-state index in [1.54, 1.807) is 0 Å². The molecule has 3 heterocycles. The van der Waals surface area contributed by atoms with E-state index in [1.807, 2.05) is 18.7 Å². The lowest BCUT2D eigenvalue weighted by molar-refractivity contribution is -0.141. The smallest absolute Gasteiger partial charge is 0.239 e. The number of morpholine rings is 1. The van der Waals surface area contributed by atoms with Gasteiger partial charge in [0, 0.05) is 19.6 Å². The Hall–Kier alpha value is -1.47. The van der Waals surface area contributed by atoms with E-state index in [9.17, 15) is 4.79 Å². The van der Waals surface area contributed by atoms with Crippen molar-refractivity contribution in [1.29, 1.82) is 0 Å². The molecule has 1 aromatic rings. The van der Waals surface area contributed by atoms with Crippen molar-refractivity contribution in [3.8, 4) is 0 Å². The van der Waals surface area contributed by atoms with Gasteiger partial charge in [-0.15, -0.1) is 0 Å². The number of amides is 1. The van der Waals surface area contributed by atoms with Crippen molar-refractivity contribution < 1.29 is 14.1 Å². The van der Waals surface area contributed by atoms with E-state index in [0.29, 0.717) is 38.0 Å². The van der Waals surface area contributed by atoms with Gasteiger partial charge >= 0.3 is 0 Å². The molecule has 0 radical (unpaired) electrons. The molecule has 2 saturated heterocycles. The molecule has 22 heavy (non-hydrogen) atoms. The maximum Gasteiger partial charge on any atom is 0.239 e. The van der Waals surface area contributed by atoms with Gasteiger partial charge in [0.1, 0.15) is 0 Å². The topological polar surface area (TPSA) is 71.7 Å². The Bertz CT molecular complexity index is 513. The van der Waals surface area contributed by atoms with Crippen LogP contribution in [0, 0.1) is 6.92 Å². The fraction of sp³-hybridized carbons (Fsp3) is 0.800. The van der Waals surface area contributed by atoms with Gasteiger partial charge < -0.3 is 14.2 Å². The second kappa shape index (κ2) is 6.75. The van der Waals surface area contributed by atoms with Gasteiger partial charge in [0.2, 0.25) is 11.8 Å². The molecule has 2 aliphatic heterocycles. The zero-order valence-electron chi connectivity index (χ0n) is 13.3. The van der Waals surface area contributed by atoms with Gasteiger partial charge in [-0.2, -0.15) is 4.98 Å². The predicted octanol–water partition coefficient (Wildman–Crippen LogP) is 0.805. The molecular formula is C15H24N4O3. The summed E-state index contributed by atoms with van der Waals surface area (Å²) in [5, 5.41) is 3.88. The molecule has 7 nitrogen and oxygen atoms in total. The Morgan fingerprint density at radius 3 is 2.77 bits per heavy atom. The zero-order chi connectivity index (χ0) is 15.5. The highest BCUT2D eigenvalue weighted by Crippen LogP contribution is 2.27. The third-order valence-corrected chi connectivity index (χ3v) is 4.57. The molecule has 0 aliphatic carbocycles. The zero-order valence-corrected chi connectivity index (χ0v) is 13.3. The number of nitrogens with zero attached hydrogens (tertiary/aromatic N) is 4. The lowest BCUT2D eigenvalue weighted by atomic mass is 9.96. The summed E-state index contributed by atoms with van der Waals surface area (Å²) in [7, 11) is 0. The Kier molecular flexibility index (Phi) is 4.73. The molecule has 2 aliphatic rings. The standard InChI is InChI=1S/C15H24N4O3/c1-11(15(20)18-6-8-21-9-7-18)19-5-3-4-13(10-19)14-16-12(2)17-22-14/h11,13H,3-10H2,1-2H3. The fourth-order valence-corrected chi connectivity index (χ4v) is 3.24. The number of carbonyl (C=O) groups excluding carboxylic acids is 1. The number of likely N-dealkylation sites (tertiary alicyclic amines) is 1. The Morgan fingerprint density at radius 1 is 1.32 bits per heavy atom. The fourth-order valence-electron chi connectivity index (χ4n) is 3.24. The van der Waals surface area contributed by atoms with Gasteiger partial charge in [-0.05, 0) is 33.2 Å². The van der Waals surface area contributed by atoms with Gasteiger partial charge in [0.25, 0.3) is 0 Å². The van der Waals surface area contributed by atoms with E-state index >= 15 is 0 Å². The monoisotopic (exact) mass is 308 g/mol. The summed E-state index contributed by atoms with van der Waals surface area (Å²) in [6.07, 6.45) is 2.09. The van der Waals surface area contributed by atoms with Crippen LogP contribution in [-0.4, -0.2) is 71.3 Å². The van der Waals surface area contributed by atoms with Crippen molar-refractivity contribution in [3.05, 3.63) is 11.7 Å². The van der Waals surface area contributed by atoms with Crippen LogP contribution in [-0.2, 0) is 9.53 Å². The van der Waals surface area contributed by atoms with Gasteiger partial charge in [-0.1, -0.05) is 5.16 Å². The number of aromatic nitrogens is 2. The lowest BCUT2D eigenvalue weighted by Gasteiger charge is -2.38. The van der Waals surface area contributed by atoms with Crippen LogP contribution in [0.3, 0.4) is 0 Å². The molecule has 0 N–H and O–H groups in total. The van der Waals surface area contributed by atoms with Crippen LogP contribution < -0.4 is 0 Å². The maximum absolute atomic E-state index is 12.6. The number of ether oxygens (including phenoxy) is 1. The second-order valence-electron chi connectivity index (χ2n) is 6.13. The molecule has 2 unspecified atom stereocenters. The Balaban J connectivity index is 1.62. The number of piperidine rings is 1. The van der Waals surface area contributed by atoms with Crippen LogP contribution in [0.1, 0.15) is 37.4 Å². The van der Waals surface area contributed by atoms with Crippen molar-refractivity contribution in [2.75, 3.05) is 39.4 Å². The normalized spacial score (nSPS) is 25.2. The summed E-state index contributed by atoms with van der Waals surface area (Å²) in [4.78, 5) is 21.1. The number of hydrogen-bond donors (Lipinski definition) is 0. The van der Waals surface area contributed by atoms with Crippen molar-refractivity contribution >= 4 is 5.91 Å². The minimum atomic E-state index is -0.107. The van der Waals surface area contributed by atoms with Crippen molar-refractivity contribution in [2.24, 2.45) is 0 Å². The highest BCUT2D eigenvalue weighted by atomic mass is 16.5. The maximum atomic E-state index is 12.6. The number of carbonyl (C=O) groups is 1. The van der Waals surface area contributed by atoms with Gasteiger partial charge in [-0.25, -0.2) is 0 Å². The van der Waals surface area contributed by atoms with Crippen LogP contribution in [0.2, 0.25) is 0 Å². The molecule has 122 valence electrons. The van der Waals surface area contributed by atoms with E-state index in [4.69, 9.17) is 9.26 Å². The van der Waals surface area contributed by atoms with Crippen molar-refractivity contribution in [3.63, 3.8) is 0 Å². The first-order valence-corrected chi connectivity index (χ1v) is 8.06. The summed E-state index contributed by atoms with van der Waals surface area (Å²) in [5.74, 6) is 1.80. The third kappa shape index (κ3) is 3.30. The van der Waals surface area contributed by atoms with Crippen LogP contribution >= 0.6 is 0 Å². The quantitative estimate of drug-likeness (QED) is 0.823. The minimum Gasteiger partial charge on any atom is -0.378 e. The largest absolute Gasteiger partial charge is 0.378 e. The Morgan fingerprint density at radius 2 is 2.09 bits per heavy atom. The molecule has 0 spiro atoms. The third-order valence-electron chi connectivity index (χ3n) is 4.57. The molecule has 0 bridgehead atoms. The van der Waals surface area contributed by atoms with Crippen molar-refractivity contribution in [2.45, 2.75) is 38.6 Å². The van der Waals surface area contributed by atoms with E-state index in [1.165, 1.54) is 0 Å². The summed E-state index contributed by atoms with van der Waals surface area (Å²) < 4.78 is 10.6. The molecule has 2 atom stereocenters. The second-order valence-corrected chi connectivity index (χ2v) is 6.13. The summed E-state index contributed by atoms with van der Waals surface area (Å²) >= 11 is 0.